The van der Waals surface area contributed by atoms with Gasteiger partial charge in [0.25, 0.3) is 0 Å². The van der Waals surface area contributed by atoms with Crippen molar-refractivity contribution in [2.45, 2.75) is 38.6 Å². The number of nitrogens with one attached hydrogen (secondary N) is 1. The summed E-state index contributed by atoms with van der Waals surface area (Å²) in [7, 11) is 2.10. The van der Waals surface area contributed by atoms with E-state index in [9.17, 15) is 0 Å². The summed E-state index contributed by atoms with van der Waals surface area (Å²) in [5.41, 5.74) is 0. The Morgan fingerprint density at radius 3 is 2.75 bits per heavy atom. The summed E-state index contributed by atoms with van der Waals surface area (Å²) in [6, 6.07) is 0.678. The van der Waals surface area contributed by atoms with E-state index in [1.807, 2.05) is 6.08 Å². The first-order chi connectivity index (χ1) is 7.27. The molecule has 1 N–H and O–H groups in total. The van der Waals surface area contributed by atoms with Gasteiger partial charge in [-0.25, -0.2) is 0 Å². The molecule has 1 rings (SSSR count). The maximum absolute atomic E-state index is 4.49. The summed E-state index contributed by atoms with van der Waals surface area (Å²) < 4.78 is 0. The molecule has 0 heterocycles. The van der Waals surface area contributed by atoms with E-state index in [-0.39, 0.29) is 24.0 Å². The van der Waals surface area contributed by atoms with Crippen LogP contribution in [0.1, 0.15) is 32.6 Å². The molecule has 94 valence electrons. The van der Waals surface area contributed by atoms with Crippen molar-refractivity contribution in [3.63, 3.8) is 0 Å². The van der Waals surface area contributed by atoms with Gasteiger partial charge < -0.3 is 10.2 Å². The fourth-order valence-corrected chi connectivity index (χ4v) is 1.42. The van der Waals surface area contributed by atoms with Crippen molar-refractivity contribution in [2.75, 3.05) is 20.1 Å². The van der Waals surface area contributed by atoms with Gasteiger partial charge in [-0.1, -0.05) is 6.08 Å². The zero-order valence-electron chi connectivity index (χ0n) is 10.4. The summed E-state index contributed by atoms with van der Waals surface area (Å²) in [6.45, 7) is 7.70. The van der Waals surface area contributed by atoms with Crippen LogP contribution in [0.5, 0.6) is 0 Å². The van der Waals surface area contributed by atoms with Crippen LogP contribution in [0.2, 0.25) is 0 Å². The van der Waals surface area contributed by atoms with E-state index >= 15 is 0 Å². The van der Waals surface area contributed by atoms with Gasteiger partial charge in [-0.05, 0) is 32.6 Å². The second-order valence-corrected chi connectivity index (χ2v) is 4.07. The topological polar surface area (TPSA) is 27.6 Å². The number of hydrogen-bond donors (Lipinski definition) is 1. The Kier molecular flexibility index (Phi) is 8.70. The van der Waals surface area contributed by atoms with E-state index < -0.39 is 0 Å². The summed E-state index contributed by atoms with van der Waals surface area (Å²) in [5.74, 6) is 1.06. The standard InChI is InChI=1S/C12H23N3.HI/c1-4-6-7-10-15(3)12(13-5-2)14-11-8-9-11;/h4,11H,1,5-10H2,2-3H3,(H,13,14);1H. The van der Waals surface area contributed by atoms with Crippen molar-refractivity contribution in [1.82, 2.24) is 10.2 Å². The predicted octanol–water partition coefficient (Wildman–Crippen LogP) is 2.63. The first-order valence-corrected chi connectivity index (χ1v) is 5.91. The number of nitrogens with zero attached hydrogens (tertiary/aromatic N) is 2. The van der Waals surface area contributed by atoms with Gasteiger partial charge in [0.2, 0.25) is 0 Å². The first kappa shape index (κ1) is 15.7. The summed E-state index contributed by atoms with van der Waals surface area (Å²) in [4.78, 5) is 6.70. The largest absolute Gasteiger partial charge is 0.354 e. The van der Waals surface area contributed by atoms with E-state index in [4.69, 9.17) is 0 Å². The molecule has 0 aliphatic heterocycles. The molecule has 1 aliphatic rings. The molecule has 3 nitrogen and oxygen atoms in total. The molecule has 0 aromatic rings. The Morgan fingerprint density at radius 1 is 1.56 bits per heavy atom. The second kappa shape index (κ2) is 8.84. The number of aliphatic imine (C=N–C) groups is 1. The SMILES string of the molecule is C=CCCCN(C)C(=NCC)NC1CC1.I. The van der Waals surface area contributed by atoms with Crippen LogP contribution in [0.3, 0.4) is 0 Å². The molecule has 0 unspecified atom stereocenters. The molecule has 0 bridgehead atoms. The van der Waals surface area contributed by atoms with E-state index in [0.717, 1.165) is 31.9 Å². The smallest absolute Gasteiger partial charge is 0.193 e. The van der Waals surface area contributed by atoms with Crippen molar-refractivity contribution in [1.29, 1.82) is 0 Å². The van der Waals surface area contributed by atoms with Gasteiger partial charge in [0.05, 0.1) is 0 Å². The fraction of sp³-hybridized carbons (Fsp3) is 0.750. The predicted molar refractivity (Wildman–Crippen MR) is 81.6 cm³/mol. The minimum atomic E-state index is 0. The average Bonchev–Trinajstić information content (AvgIpc) is 3.01. The zero-order chi connectivity index (χ0) is 11.1. The van der Waals surface area contributed by atoms with Crippen molar-refractivity contribution < 1.29 is 0 Å². The van der Waals surface area contributed by atoms with E-state index in [2.05, 4.69) is 35.8 Å². The molecule has 0 saturated heterocycles. The molecule has 0 atom stereocenters. The van der Waals surface area contributed by atoms with Crippen LogP contribution in [0.15, 0.2) is 17.6 Å². The van der Waals surface area contributed by atoms with Crippen molar-refractivity contribution >= 4 is 29.9 Å². The number of halogens is 1. The lowest BCUT2D eigenvalue weighted by Gasteiger charge is -2.22. The molecule has 0 spiro atoms. The molecule has 16 heavy (non-hydrogen) atoms. The van der Waals surface area contributed by atoms with Gasteiger partial charge in [-0.15, -0.1) is 30.6 Å². The number of hydrogen-bond acceptors (Lipinski definition) is 1. The number of allylic oxidation sites excluding steroid dienone is 1. The van der Waals surface area contributed by atoms with Crippen LogP contribution in [0.4, 0.5) is 0 Å². The average molecular weight is 337 g/mol. The molecule has 1 aliphatic carbocycles. The molecular formula is C12H24IN3. The molecule has 0 radical (unpaired) electrons. The summed E-state index contributed by atoms with van der Waals surface area (Å²) >= 11 is 0. The highest BCUT2D eigenvalue weighted by atomic mass is 127. The summed E-state index contributed by atoms with van der Waals surface area (Å²) in [5, 5.41) is 3.47. The molecule has 0 aromatic carbocycles. The number of unbranched alkanes of at least 4 members (excludes halogenated alkanes) is 1. The fourth-order valence-electron chi connectivity index (χ4n) is 1.42. The third-order valence-corrected chi connectivity index (χ3v) is 2.48. The van der Waals surface area contributed by atoms with Crippen LogP contribution < -0.4 is 5.32 Å². The Hall–Kier alpha value is -0.260. The van der Waals surface area contributed by atoms with Gasteiger partial charge >= 0.3 is 0 Å². The first-order valence-electron chi connectivity index (χ1n) is 5.91. The highest BCUT2D eigenvalue weighted by Gasteiger charge is 2.23. The van der Waals surface area contributed by atoms with Gasteiger partial charge in [0.1, 0.15) is 0 Å². The molecule has 0 aromatic heterocycles. The zero-order valence-corrected chi connectivity index (χ0v) is 12.7. The summed E-state index contributed by atoms with van der Waals surface area (Å²) in [6.07, 6.45) is 6.79. The van der Waals surface area contributed by atoms with Crippen LogP contribution in [-0.2, 0) is 0 Å². The maximum atomic E-state index is 4.49. The molecule has 1 saturated carbocycles. The lowest BCUT2D eigenvalue weighted by atomic mass is 10.3. The lowest BCUT2D eigenvalue weighted by Crippen LogP contribution is -2.40. The normalized spacial score (nSPS) is 15.2. The maximum Gasteiger partial charge on any atom is 0.193 e. The lowest BCUT2D eigenvalue weighted by molar-refractivity contribution is 0.468. The van der Waals surface area contributed by atoms with E-state index in [1.165, 1.54) is 12.8 Å². The Labute approximate surface area is 116 Å². The number of rotatable bonds is 6. The van der Waals surface area contributed by atoms with E-state index in [0.29, 0.717) is 6.04 Å². The van der Waals surface area contributed by atoms with Crippen molar-refractivity contribution in [3.8, 4) is 0 Å². The van der Waals surface area contributed by atoms with E-state index in [1.54, 1.807) is 0 Å². The third kappa shape index (κ3) is 6.35. The van der Waals surface area contributed by atoms with Crippen molar-refractivity contribution in [2.24, 2.45) is 4.99 Å². The van der Waals surface area contributed by atoms with Crippen LogP contribution in [0.25, 0.3) is 0 Å². The quantitative estimate of drug-likeness (QED) is 0.265. The van der Waals surface area contributed by atoms with Crippen molar-refractivity contribution in [3.05, 3.63) is 12.7 Å². The van der Waals surface area contributed by atoms with Crippen LogP contribution in [0, 0.1) is 0 Å². The second-order valence-electron chi connectivity index (χ2n) is 4.07. The molecular weight excluding hydrogens is 313 g/mol. The Bertz CT molecular complexity index is 224. The van der Waals surface area contributed by atoms with Crippen LogP contribution in [-0.4, -0.2) is 37.0 Å². The molecule has 4 heteroatoms. The number of guanidine groups is 1. The van der Waals surface area contributed by atoms with Gasteiger partial charge in [-0.2, -0.15) is 0 Å². The minimum Gasteiger partial charge on any atom is -0.354 e. The minimum absolute atomic E-state index is 0. The van der Waals surface area contributed by atoms with Gasteiger partial charge in [0.15, 0.2) is 5.96 Å². The highest BCUT2D eigenvalue weighted by molar-refractivity contribution is 14.0. The van der Waals surface area contributed by atoms with Crippen LogP contribution >= 0.6 is 24.0 Å². The third-order valence-electron chi connectivity index (χ3n) is 2.48. The van der Waals surface area contributed by atoms with Gasteiger partial charge in [0, 0.05) is 26.2 Å². The monoisotopic (exact) mass is 337 g/mol. The highest BCUT2D eigenvalue weighted by Crippen LogP contribution is 2.18. The Morgan fingerprint density at radius 2 is 2.25 bits per heavy atom. The molecule has 0 amide bonds. The molecule has 1 fully saturated rings. The Balaban J connectivity index is 0.00000225. The van der Waals surface area contributed by atoms with Gasteiger partial charge in [-0.3, -0.25) is 4.99 Å².